The van der Waals surface area contributed by atoms with Crippen molar-refractivity contribution in [2.45, 2.75) is 65.0 Å². The van der Waals surface area contributed by atoms with Gasteiger partial charge in [0.05, 0.1) is 0 Å². The summed E-state index contributed by atoms with van der Waals surface area (Å²) in [6.07, 6.45) is 1.25. The molecule has 0 bridgehead atoms. The van der Waals surface area contributed by atoms with Gasteiger partial charge in [0, 0.05) is 16.1 Å². The van der Waals surface area contributed by atoms with Gasteiger partial charge in [0.25, 0.3) is 0 Å². The summed E-state index contributed by atoms with van der Waals surface area (Å²) in [5.41, 5.74) is 6.69. The first-order valence-corrected chi connectivity index (χ1v) is 19.9. The molecule has 3 rings (SSSR count). The van der Waals surface area contributed by atoms with Crippen molar-refractivity contribution >= 4 is 58.0 Å². The summed E-state index contributed by atoms with van der Waals surface area (Å²) >= 11 is -0.556. The molecule has 0 spiro atoms. The molecule has 3 aromatic carbocycles. The first-order valence-electron chi connectivity index (χ1n) is 10.5. The monoisotopic (exact) mass is 529 g/mol. The number of rotatable bonds is 5. The molecule has 0 aliphatic heterocycles. The predicted molar refractivity (Wildman–Crippen MR) is 143 cm³/mol. The zero-order valence-electron chi connectivity index (χ0n) is 20.0. The van der Waals surface area contributed by atoms with E-state index in [9.17, 15) is 0 Å². The van der Waals surface area contributed by atoms with Crippen LogP contribution < -0.4 is 0 Å². The number of hydrogen-bond acceptors (Lipinski definition) is 1. The van der Waals surface area contributed by atoms with Crippen molar-refractivity contribution in [2.75, 3.05) is 6.61 Å². The van der Waals surface area contributed by atoms with Crippen LogP contribution in [0.1, 0.15) is 27.2 Å². The van der Waals surface area contributed by atoms with Crippen LogP contribution in [0.3, 0.4) is 0 Å². The van der Waals surface area contributed by atoms with Crippen LogP contribution in [0.5, 0.6) is 0 Å². The van der Waals surface area contributed by atoms with Gasteiger partial charge in [0.1, 0.15) is 0 Å². The van der Waals surface area contributed by atoms with Crippen molar-refractivity contribution in [3.8, 4) is 0 Å². The van der Waals surface area contributed by atoms with Crippen LogP contribution in [0.4, 0.5) is 0 Å². The Morgan fingerprint density at radius 2 is 1.35 bits per heavy atom. The van der Waals surface area contributed by atoms with Gasteiger partial charge < -0.3 is 10.2 Å². The normalized spacial score (nSPS) is 10.9. The summed E-state index contributed by atoms with van der Waals surface area (Å²) in [6, 6.07) is 20.6. The molecule has 2 nitrogen and oxygen atoms in total. The summed E-state index contributed by atoms with van der Waals surface area (Å²) in [6.45, 7) is 15.5. The van der Waals surface area contributed by atoms with Gasteiger partial charge in [-0.2, -0.15) is 0 Å². The van der Waals surface area contributed by atoms with Crippen molar-refractivity contribution in [1.82, 2.24) is 0 Å². The Kier molecular flexibility index (Phi) is 16.5. The van der Waals surface area contributed by atoms with E-state index in [2.05, 4.69) is 80.8 Å². The summed E-state index contributed by atoms with van der Waals surface area (Å²) in [7, 11) is 9.66. The Labute approximate surface area is 210 Å². The molecule has 0 saturated heterocycles. The molecule has 0 aromatic heterocycles. The maximum atomic E-state index is 6.94. The standard InChI is InChI=1S/C13H9.C7H18OSi2.C4H10N.2ClH.Ti/c1-3-7-12-10(5-1)9-11-6-2-4-8-13(11)12;1-9-7-5-6-8-10(2,3)4;1-4(2,3)5;;;/h1-9H;5-7H2,1-4H3;5H,1-3H3;2*1H;/q-1;;-1;;;+2/p-2. The molecule has 3 aromatic rings. The molecule has 0 fully saturated rings. The van der Waals surface area contributed by atoms with E-state index in [1.165, 1.54) is 34.0 Å². The molecule has 31 heavy (non-hydrogen) atoms. The Hall–Kier alpha value is -0.0419. The number of nitrogens with one attached hydrogen (secondary N) is 1. The zero-order valence-corrected chi connectivity index (χ0v) is 25.1. The smallest absolute Gasteiger partial charge is 0.0771 e. The molecule has 2 radical (unpaired) electrons. The summed E-state index contributed by atoms with van der Waals surface area (Å²) in [5.74, 6) is 0. The maximum Gasteiger partial charge on any atom is -0.0771 e. The van der Waals surface area contributed by atoms with E-state index in [1.54, 1.807) is 0 Å². The number of hydrogen-bond donors (Lipinski definition) is 0. The minimum absolute atomic E-state index is 0.250. The van der Waals surface area contributed by atoms with E-state index in [-0.39, 0.29) is 5.54 Å². The third-order valence-corrected chi connectivity index (χ3v) is 5.55. The molecule has 0 heterocycles. The van der Waals surface area contributed by atoms with Crippen LogP contribution >= 0.6 is 18.6 Å². The molecule has 0 amide bonds. The zero-order chi connectivity index (χ0) is 23.9. The third kappa shape index (κ3) is 17.1. The molecule has 0 saturated carbocycles. The van der Waals surface area contributed by atoms with Crippen molar-refractivity contribution in [3.63, 3.8) is 0 Å². The summed E-state index contributed by atoms with van der Waals surface area (Å²) in [5, 5.41) is 5.39. The van der Waals surface area contributed by atoms with Crippen LogP contribution in [-0.2, 0) is 21.5 Å². The molecule has 7 heteroatoms. The molecule has 0 atom stereocenters. The van der Waals surface area contributed by atoms with Gasteiger partial charge in [-0.05, 0) is 26.1 Å². The second-order valence-corrected chi connectivity index (χ2v) is 17.4. The van der Waals surface area contributed by atoms with Gasteiger partial charge in [-0.3, -0.25) is 0 Å². The Morgan fingerprint density at radius 3 is 1.71 bits per heavy atom. The van der Waals surface area contributed by atoms with E-state index < -0.39 is 25.3 Å². The van der Waals surface area contributed by atoms with E-state index >= 15 is 0 Å². The number of benzene rings is 2. The van der Waals surface area contributed by atoms with Gasteiger partial charge in [0.15, 0.2) is 8.32 Å². The molecular weight excluding hydrogens is 493 g/mol. The fourth-order valence-corrected chi connectivity index (χ4v) is 3.79. The quantitative estimate of drug-likeness (QED) is 0.184. The molecule has 1 N–H and O–H groups in total. The van der Waals surface area contributed by atoms with E-state index in [0.29, 0.717) is 0 Å². The first-order chi connectivity index (χ1) is 14.4. The largest absolute Gasteiger partial charge is 0.126 e. The average Bonchev–Trinajstić information content (AvgIpc) is 3.03. The van der Waals surface area contributed by atoms with Crippen LogP contribution in [0, 0.1) is 0 Å². The van der Waals surface area contributed by atoms with Crippen molar-refractivity contribution in [1.29, 1.82) is 0 Å². The van der Waals surface area contributed by atoms with Crippen LogP contribution in [0.2, 0.25) is 32.2 Å². The second kappa shape index (κ2) is 16.6. The summed E-state index contributed by atoms with van der Waals surface area (Å²) in [4.78, 5) is 0. The average molecular weight is 531 g/mol. The van der Waals surface area contributed by atoms with E-state index in [4.69, 9.17) is 28.8 Å². The van der Waals surface area contributed by atoms with E-state index in [1.807, 2.05) is 20.8 Å². The fraction of sp³-hybridized carbons (Fsp3) is 0.458. The molecule has 0 aliphatic rings. The number of fused-ring (bicyclic) bond motifs is 3. The molecule has 0 aliphatic carbocycles. The Balaban J connectivity index is 0.000000446. The fourth-order valence-electron chi connectivity index (χ4n) is 2.53. The molecule has 172 valence electrons. The number of halogens is 2. The van der Waals surface area contributed by atoms with Crippen LogP contribution in [0.15, 0.2) is 54.6 Å². The van der Waals surface area contributed by atoms with E-state index in [0.717, 1.165) is 16.1 Å². The van der Waals surface area contributed by atoms with Crippen LogP contribution in [-0.4, -0.2) is 30.0 Å². The topological polar surface area (TPSA) is 33.0 Å². The third-order valence-electron chi connectivity index (χ3n) is 3.63. The van der Waals surface area contributed by atoms with Gasteiger partial charge in [-0.15, -0.1) is 45.3 Å². The predicted octanol–water partition coefficient (Wildman–Crippen LogP) is 9.32. The van der Waals surface area contributed by atoms with Gasteiger partial charge >= 0.3 is 35.6 Å². The Morgan fingerprint density at radius 1 is 0.968 bits per heavy atom. The minimum Gasteiger partial charge on any atom is -0.126 e. The SMILES string of the molecule is CC(C)(C)[NH-].C[Si]CCCO[Si](C)(C)C.[Cl][Ti][Cl].c1ccc2c(c1)[cH-]c1ccccc12. The van der Waals surface area contributed by atoms with Gasteiger partial charge in [0.2, 0.25) is 0 Å². The summed E-state index contributed by atoms with van der Waals surface area (Å²) < 4.78 is 5.67. The molecule has 0 unspecified atom stereocenters. The van der Waals surface area contributed by atoms with Gasteiger partial charge in [-0.25, -0.2) is 0 Å². The minimum atomic E-state index is -1.20. The molecular formula is C24H37Cl2NOSi2Ti-2. The van der Waals surface area contributed by atoms with Crippen molar-refractivity contribution in [3.05, 3.63) is 60.3 Å². The first kappa shape index (κ1) is 31.0. The maximum absolute atomic E-state index is 6.94. The van der Waals surface area contributed by atoms with Crippen LogP contribution in [0.25, 0.3) is 27.3 Å². The van der Waals surface area contributed by atoms with Crippen molar-refractivity contribution in [2.24, 2.45) is 0 Å². The van der Waals surface area contributed by atoms with Gasteiger partial charge in [-0.1, -0.05) is 69.8 Å². The Bertz CT molecular complexity index is 788. The second-order valence-electron chi connectivity index (χ2n) is 9.06. The van der Waals surface area contributed by atoms with Crippen molar-refractivity contribution < 1.29 is 21.5 Å².